The molecule has 24 heavy (non-hydrogen) atoms. The molecule has 0 saturated carbocycles. The van der Waals surface area contributed by atoms with Gasteiger partial charge in [0.2, 0.25) is 5.78 Å². The number of fused-ring (bicyclic) bond motifs is 1. The molecule has 1 heterocycles. The van der Waals surface area contributed by atoms with Crippen molar-refractivity contribution >= 4 is 16.7 Å². The Morgan fingerprint density at radius 1 is 1.00 bits per heavy atom. The smallest absolute Gasteiger partial charge is 0.289 e. The van der Waals surface area contributed by atoms with Gasteiger partial charge in [-0.25, -0.2) is 4.98 Å². The van der Waals surface area contributed by atoms with Gasteiger partial charge in [0, 0.05) is 0 Å². The van der Waals surface area contributed by atoms with Crippen molar-refractivity contribution in [1.82, 2.24) is 9.55 Å². The quantitative estimate of drug-likeness (QED) is 0.741. The van der Waals surface area contributed by atoms with E-state index in [1.807, 2.05) is 0 Å². The number of benzene rings is 2. The fourth-order valence-corrected chi connectivity index (χ4v) is 2.38. The number of alkyl halides is 3. The number of carbonyl (C=O) groups is 1. The van der Waals surface area contributed by atoms with Gasteiger partial charge in [0.1, 0.15) is 5.82 Å². The lowest BCUT2D eigenvalue weighted by molar-refractivity contribution is -0.170. The first-order valence-electron chi connectivity index (χ1n) is 7.04. The van der Waals surface area contributed by atoms with E-state index in [9.17, 15) is 22.8 Å². The second-order valence-electron chi connectivity index (χ2n) is 5.12. The highest BCUT2D eigenvalue weighted by Gasteiger charge is 2.38. The number of para-hydroxylation sites is 2. The Kier molecular flexibility index (Phi) is 3.92. The molecule has 0 aliphatic heterocycles. The molecule has 3 aromatic rings. The summed E-state index contributed by atoms with van der Waals surface area (Å²) in [4.78, 5) is 28.2. The first kappa shape index (κ1) is 15.9. The van der Waals surface area contributed by atoms with Crippen LogP contribution in [0.3, 0.4) is 0 Å². The molecule has 0 spiro atoms. The van der Waals surface area contributed by atoms with E-state index in [4.69, 9.17) is 0 Å². The predicted octanol–water partition coefficient (Wildman–Crippen LogP) is 3.06. The lowest BCUT2D eigenvalue weighted by atomic mass is 10.2. The molecule has 1 aromatic heterocycles. The van der Waals surface area contributed by atoms with Crippen LogP contribution < -0.4 is 5.56 Å². The van der Waals surface area contributed by atoms with Crippen molar-refractivity contribution in [2.45, 2.75) is 12.6 Å². The Bertz CT molecular complexity index is 963. The highest BCUT2D eigenvalue weighted by molar-refractivity contribution is 5.86. The van der Waals surface area contributed by atoms with Crippen LogP contribution in [-0.2, 0) is 11.2 Å². The fraction of sp³-hybridized carbons (Fsp3) is 0.118. The zero-order valence-corrected chi connectivity index (χ0v) is 12.2. The van der Waals surface area contributed by atoms with E-state index in [1.54, 1.807) is 48.5 Å². The van der Waals surface area contributed by atoms with Crippen molar-refractivity contribution in [2.75, 3.05) is 0 Å². The van der Waals surface area contributed by atoms with Gasteiger partial charge in [-0.1, -0.05) is 30.3 Å². The third-order valence-corrected chi connectivity index (χ3v) is 3.49. The third-order valence-electron chi connectivity index (χ3n) is 3.49. The van der Waals surface area contributed by atoms with Crippen LogP contribution >= 0.6 is 0 Å². The van der Waals surface area contributed by atoms with Crippen LogP contribution in [0.2, 0.25) is 0 Å². The van der Waals surface area contributed by atoms with E-state index in [-0.39, 0.29) is 16.7 Å². The summed E-state index contributed by atoms with van der Waals surface area (Å²) in [6.07, 6.45) is -5.98. The Hall–Kier alpha value is -2.96. The lowest BCUT2D eigenvalue weighted by Gasteiger charge is -2.14. The Morgan fingerprint density at radius 3 is 2.29 bits per heavy atom. The third kappa shape index (κ3) is 2.92. The molecule has 0 radical (unpaired) electrons. The zero-order chi connectivity index (χ0) is 17.3. The van der Waals surface area contributed by atoms with Gasteiger partial charge in [-0.05, 0) is 24.3 Å². The minimum Gasteiger partial charge on any atom is -0.289 e. The molecule has 0 unspecified atom stereocenters. The highest BCUT2D eigenvalue weighted by Crippen LogP contribution is 2.20. The van der Waals surface area contributed by atoms with Gasteiger partial charge in [0.05, 0.1) is 23.0 Å². The SMILES string of the molecule is O=C(Cc1nc2ccccc2c(=O)n1-c1ccccc1)C(F)(F)F. The predicted molar refractivity (Wildman–Crippen MR) is 82.1 cm³/mol. The van der Waals surface area contributed by atoms with Crippen LogP contribution in [0.5, 0.6) is 0 Å². The summed E-state index contributed by atoms with van der Waals surface area (Å²) in [5.41, 5.74) is 0.0853. The second kappa shape index (κ2) is 5.92. The molecule has 0 saturated heterocycles. The molecular formula is C17H11F3N2O2. The minimum absolute atomic E-state index is 0.243. The number of hydrogen-bond acceptors (Lipinski definition) is 3. The molecule has 0 amide bonds. The van der Waals surface area contributed by atoms with Crippen molar-refractivity contribution in [2.24, 2.45) is 0 Å². The number of rotatable bonds is 3. The number of hydrogen-bond donors (Lipinski definition) is 0. The van der Waals surface area contributed by atoms with Gasteiger partial charge in [0.15, 0.2) is 0 Å². The second-order valence-corrected chi connectivity index (χ2v) is 5.12. The van der Waals surface area contributed by atoms with Crippen molar-refractivity contribution in [3.8, 4) is 5.69 Å². The maximum atomic E-state index is 12.7. The lowest BCUT2D eigenvalue weighted by Crippen LogP contribution is -2.30. The maximum absolute atomic E-state index is 12.7. The highest BCUT2D eigenvalue weighted by atomic mass is 19.4. The van der Waals surface area contributed by atoms with E-state index in [0.717, 1.165) is 4.57 Å². The van der Waals surface area contributed by atoms with E-state index in [1.165, 1.54) is 6.07 Å². The summed E-state index contributed by atoms with van der Waals surface area (Å²) in [5.74, 6) is -2.19. The topological polar surface area (TPSA) is 52.0 Å². The molecule has 7 heteroatoms. The van der Waals surface area contributed by atoms with Crippen molar-refractivity contribution < 1.29 is 18.0 Å². The molecule has 0 fully saturated rings. The fourth-order valence-electron chi connectivity index (χ4n) is 2.38. The average Bonchev–Trinajstić information content (AvgIpc) is 2.55. The van der Waals surface area contributed by atoms with Crippen LogP contribution in [0.4, 0.5) is 13.2 Å². The van der Waals surface area contributed by atoms with Crippen molar-refractivity contribution in [1.29, 1.82) is 0 Å². The summed E-state index contributed by atoms with van der Waals surface area (Å²) < 4.78 is 38.9. The van der Waals surface area contributed by atoms with Gasteiger partial charge in [-0.2, -0.15) is 13.2 Å². The van der Waals surface area contributed by atoms with Gasteiger partial charge in [-0.3, -0.25) is 14.2 Å². The number of Topliss-reactive ketones (excluding diaryl/α,β-unsaturated/α-hetero) is 1. The maximum Gasteiger partial charge on any atom is 0.450 e. The van der Waals surface area contributed by atoms with Crippen LogP contribution in [0.15, 0.2) is 59.4 Å². The summed E-state index contributed by atoms with van der Waals surface area (Å²) in [6, 6.07) is 14.5. The molecule has 4 nitrogen and oxygen atoms in total. The Balaban J connectivity index is 2.26. The number of aromatic nitrogens is 2. The van der Waals surface area contributed by atoms with Crippen molar-refractivity contribution in [3.05, 3.63) is 70.8 Å². The van der Waals surface area contributed by atoms with Crippen LogP contribution in [0.25, 0.3) is 16.6 Å². The molecule has 3 rings (SSSR count). The Labute approximate surface area is 134 Å². The zero-order valence-electron chi connectivity index (χ0n) is 12.2. The van der Waals surface area contributed by atoms with Gasteiger partial charge in [-0.15, -0.1) is 0 Å². The Morgan fingerprint density at radius 2 is 1.62 bits per heavy atom. The molecular weight excluding hydrogens is 321 g/mol. The summed E-state index contributed by atoms with van der Waals surface area (Å²) >= 11 is 0. The normalized spacial score (nSPS) is 11.6. The molecule has 0 atom stereocenters. The molecule has 0 aliphatic carbocycles. The minimum atomic E-state index is -4.98. The molecule has 0 N–H and O–H groups in total. The molecule has 0 bridgehead atoms. The van der Waals surface area contributed by atoms with Gasteiger partial charge in [0.25, 0.3) is 5.56 Å². The van der Waals surface area contributed by atoms with E-state index >= 15 is 0 Å². The largest absolute Gasteiger partial charge is 0.450 e. The summed E-state index contributed by atoms with van der Waals surface area (Å²) in [5, 5.41) is 0.268. The van der Waals surface area contributed by atoms with Crippen LogP contribution in [0.1, 0.15) is 5.82 Å². The average molecular weight is 332 g/mol. The van der Waals surface area contributed by atoms with Crippen molar-refractivity contribution in [3.63, 3.8) is 0 Å². The number of halogens is 3. The van der Waals surface area contributed by atoms with Crippen LogP contribution in [0, 0.1) is 0 Å². The molecule has 2 aromatic carbocycles. The van der Waals surface area contributed by atoms with E-state index in [2.05, 4.69) is 4.98 Å². The van der Waals surface area contributed by atoms with Gasteiger partial charge < -0.3 is 0 Å². The summed E-state index contributed by atoms with van der Waals surface area (Å²) in [6.45, 7) is 0. The van der Waals surface area contributed by atoms with E-state index < -0.39 is 23.9 Å². The monoisotopic (exact) mass is 332 g/mol. The summed E-state index contributed by atoms with van der Waals surface area (Å²) in [7, 11) is 0. The van der Waals surface area contributed by atoms with Crippen LogP contribution in [-0.4, -0.2) is 21.5 Å². The molecule has 122 valence electrons. The van der Waals surface area contributed by atoms with E-state index in [0.29, 0.717) is 5.69 Å². The first-order valence-corrected chi connectivity index (χ1v) is 7.04. The first-order chi connectivity index (χ1) is 11.4. The number of ketones is 1. The molecule has 0 aliphatic rings. The number of nitrogens with zero attached hydrogens (tertiary/aromatic N) is 2. The number of carbonyl (C=O) groups excluding carboxylic acids is 1. The standard InChI is InChI=1S/C17H11F3N2O2/c18-17(19,20)14(23)10-15-21-13-9-5-4-8-12(13)16(24)22(15)11-6-2-1-3-7-11/h1-9H,10H2. The van der Waals surface area contributed by atoms with Gasteiger partial charge >= 0.3 is 6.18 Å².